The van der Waals surface area contributed by atoms with Gasteiger partial charge >= 0.3 is 0 Å². The number of fused-ring (bicyclic) bond motifs is 1. The van der Waals surface area contributed by atoms with Gasteiger partial charge in [0, 0.05) is 29.3 Å². The van der Waals surface area contributed by atoms with Gasteiger partial charge in [-0.3, -0.25) is 9.59 Å². The van der Waals surface area contributed by atoms with E-state index in [1.54, 1.807) is 0 Å². The Balaban J connectivity index is 1.72. The van der Waals surface area contributed by atoms with Gasteiger partial charge in [-0.05, 0) is 63.6 Å². The molecule has 0 spiro atoms. The number of nitrogens with one attached hydrogen (secondary N) is 1. The van der Waals surface area contributed by atoms with Crippen molar-refractivity contribution in [3.05, 3.63) is 57.2 Å². The molecule has 8 heteroatoms. The third-order valence-corrected chi connectivity index (χ3v) is 6.85. The predicted molar refractivity (Wildman–Crippen MR) is 130 cm³/mol. The molecule has 1 aromatic carbocycles. The van der Waals surface area contributed by atoms with E-state index < -0.39 is 0 Å². The lowest BCUT2D eigenvalue weighted by atomic mass is 9.92. The summed E-state index contributed by atoms with van der Waals surface area (Å²) in [5.74, 6) is -0.0303. The highest BCUT2D eigenvalue weighted by Gasteiger charge is 2.41. The van der Waals surface area contributed by atoms with Crippen LogP contribution in [0.1, 0.15) is 58.6 Å². The molecular weight excluding hydrogens is 444 g/mol. The highest BCUT2D eigenvalue weighted by atomic mass is 35.5. The molecule has 4 rings (SSSR count). The van der Waals surface area contributed by atoms with Gasteiger partial charge in [-0.1, -0.05) is 35.5 Å². The van der Waals surface area contributed by atoms with Gasteiger partial charge in [-0.15, -0.1) is 0 Å². The molecule has 3 heterocycles. The molecule has 3 aliphatic rings. The molecule has 0 aromatic heterocycles. The number of carbonyl (C=O) groups excluding carboxylic acids is 2. The highest BCUT2D eigenvalue weighted by Crippen LogP contribution is 2.45. The summed E-state index contributed by atoms with van der Waals surface area (Å²) < 4.78 is 0. The smallest absolute Gasteiger partial charge is 0.251 e. The summed E-state index contributed by atoms with van der Waals surface area (Å²) in [4.78, 5) is 35.1. The Morgan fingerprint density at radius 2 is 1.84 bits per heavy atom. The van der Waals surface area contributed by atoms with Crippen molar-refractivity contribution >= 4 is 40.3 Å². The first-order valence-electron chi connectivity index (χ1n) is 10.9. The zero-order valence-electron chi connectivity index (χ0n) is 18.9. The Morgan fingerprint density at radius 1 is 1.19 bits per heavy atom. The zero-order chi connectivity index (χ0) is 23.0. The molecule has 1 unspecified atom stereocenters. The molecule has 1 fully saturated rings. The molecule has 1 N–H and O–H groups in total. The fourth-order valence-corrected chi connectivity index (χ4v) is 5.35. The standard InChI is InChI=1S/C24H29ClN4O2S/c1-15-20(22(31)27-24(2,3)4)21(16-7-9-17(25)10-8-16)29-18(14-32-23(29)26-15)13-19(30)28-11-5-6-12-28/h7-10,14,21H,5-6,11-13H2,1-4H3,(H,27,31). The number of amides is 2. The Labute approximate surface area is 198 Å². The van der Waals surface area contributed by atoms with E-state index in [9.17, 15) is 9.59 Å². The molecule has 32 heavy (non-hydrogen) atoms. The van der Waals surface area contributed by atoms with Crippen molar-refractivity contribution in [1.29, 1.82) is 0 Å². The lowest BCUT2D eigenvalue weighted by molar-refractivity contribution is -0.129. The number of nitrogens with zero attached hydrogens (tertiary/aromatic N) is 3. The number of allylic oxidation sites excluding steroid dienone is 1. The number of benzene rings is 1. The van der Waals surface area contributed by atoms with Gasteiger partial charge < -0.3 is 15.1 Å². The van der Waals surface area contributed by atoms with E-state index in [2.05, 4.69) is 5.32 Å². The molecule has 0 bridgehead atoms. The van der Waals surface area contributed by atoms with Gasteiger partial charge in [0.05, 0.1) is 23.7 Å². The Hall–Kier alpha value is -2.25. The minimum Gasteiger partial charge on any atom is -0.348 e. The maximum absolute atomic E-state index is 13.4. The van der Waals surface area contributed by atoms with E-state index in [0.29, 0.717) is 22.7 Å². The van der Waals surface area contributed by atoms with E-state index in [-0.39, 0.29) is 23.4 Å². The summed E-state index contributed by atoms with van der Waals surface area (Å²) >= 11 is 7.65. The van der Waals surface area contributed by atoms with Crippen LogP contribution in [0, 0.1) is 0 Å². The van der Waals surface area contributed by atoms with E-state index in [1.807, 2.05) is 67.2 Å². The summed E-state index contributed by atoms with van der Waals surface area (Å²) in [5.41, 5.74) is 2.70. The highest BCUT2D eigenvalue weighted by molar-refractivity contribution is 8.16. The molecule has 1 saturated heterocycles. The van der Waals surface area contributed by atoms with Crippen LogP contribution in [0.3, 0.4) is 0 Å². The number of rotatable bonds is 4. The maximum atomic E-state index is 13.4. The minimum atomic E-state index is -0.386. The van der Waals surface area contributed by atoms with Crippen molar-refractivity contribution in [3.63, 3.8) is 0 Å². The number of aliphatic imine (C=N–C) groups is 1. The Kier molecular flexibility index (Phi) is 6.41. The number of thioether (sulfide) groups is 1. The van der Waals surface area contributed by atoms with Crippen LogP contribution < -0.4 is 5.32 Å². The maximum Gasteiger partial charge on any atom is 0.251 e. The van der Waals surface area contributed by atoms with Crippen LogP contribution in [0.4, 0.5) is 0 Å². The van der Waals surface area contributed by atoms with Gasteiger partial charge in [0.25, 0.3) is 5.91 Å². The largest absolute Gasteiger partial charge is 0.348 e. The zero-order valence-corrected chi connectivity index (χ0v) is 20.5. The van der Waals surface area contributed by atoms with Crippen LogP contribution in [0.15, 0.2) is 51.6 Å². The third-order valence-electron chi connectivity index (χ3n) is 5.71. The first-order valence-corrected chi connectivity index (χ1v) is 12.2. The van der Waals surface area contributed by atoms with Crippen molar-refractivity contribution < 1.29 is 9.59 Å². The van der Waals surface area contributed by atoms with Gasteiger partial charge in [0.1, 0.15) is 0 Å². The van der Waals surface area contributed by atoms with Crippen molar-refractivity contribution in [2.45, 2.75) is 58.5 Å². The van der Waals surface area contributed by atoms with Gasteiger partial charge in [0.2, 0.25) is 5.91 Å². The number of hydrogen-bond donors (Lipinski definition) is 1. The Morgan fingerprint density at radius 3 is 2.47 bits per heavy atom. The number of carbonyl (C=O) groups is 2. The van der Waals surface area contributed by atoms with Gasteiger partial charge in [-0.25, -0.2) is 4.99 Å². The normalized spacial score (nSPS) is 20.8. The van der Waals surface area contributed by atoms with Crippen molar-refractivity contribution in [2.24, 2.45) is 4.99 Å². The lowest BCUT2D eigenvalue weighted by Crippen LogP contribution is -2.46. The topological polar surface area (TPSA) is 65.0 Å². The number of amidine groups is 1. The summed E-state index contributed by atoms with van der Waals surface area (Å²) in [6, 6.07) is 7.17. The van der Waals surface area contributed by atoms with E-state index >= 15 is 0 Å². The third kappa shape index (κ3) is 4.74. The molecule has 1 atom stereocenters. The number of likely N-dealkylation sites (tertiary alicyclic amines) is 1. The molecule has 0 aliphatic carbocycles. The van der Waals surface area contributed by atoms with Crippen LogP contribution in [0.2, 0.25) is 5.02 Å². The first-order chi connectivity index (χ1) is 15.1. The quantitative estimate of drug-likeness (QED) is 0.680. The van der Waals surface area contributed by atoms with Crippen LogP contribution in [0.5, 0.6) is 0 Å². The van der Waals surface area contributed by atoms with Crippen LogP contribution in [0.25, 0.3) is 0 Å². The fraction of sp³-hybridized carbons (Fsp3) is 0.458. The number of halogens is 1. The minimum absolute atomic E-state index is 0.123. The second-order valence-corrected chi connectivity index (χ2v) is 10.7. The average molecular weight is 473 g/mol. The van der Waals surface area contributed by atoms with Crippen LogP contribution in [-0.4, -0.2) is 45.4 Å². The van der Waals surface area contributed by atoms with Gasteiger partial charge in [0.15, 0.2) is 5.17 Å². The molecule has 2 amide bonds. The molecule has 6 nitrogen and oxygen atoms in total. The van der Waals surface area contributed by atoms with Crippen molar-refractivity contribution in [3.8, 4) is 0 Å². The summed E-state index contributed by atoms with van der Waals surface area (Å²) in [5, 5.41) is 6.51. The van der Waals surface area contributed by atoms with Gasteiger partial charge in [-0.2, -0.15) is 0 Å². The van der Waals surface area contributed by atoms with E-state index in [0.717, 1.165) is 42.4 Å². The molecular formula is C24H29ClN4O2S. The second kappa shape index (κ2) is 8.94. The summed E-state index contributed by atoms with van der Waals surface area (Å²) in [6.07, 6.45) is 2.41. The van der Waals surface area contributed by atoms with Crippen molar-refractivity contribution in [2.75, 3.05) is 13.1 Å². The van der Waals surface area contributed by atoms with Crippen LogP contribution in [-0.2, 0) is 9.59 Å². The molecule has 3 aliphatic heterocycles. The lowest BCUT2D eigenvalue weighted by Gasteiger charge is -2.37. The molecule has 1 aromatic rings. The van der Waals surface area contributed by atoms with E-state index in [4.69, 9.17) is 16.6 Å². The monoisotopic (exact) mass is 472 g/mol. The first kappa shape index (κ1) is 22.9. The fourth-order valence-electron chi connectivity index (χ4n) is 4.26. The van der Waals surface area contributed by atoms with Crippen molar-refractivity contribution in [1.82, 2.24) is 15.1 Å². The molecule has 0 saturated carbocycles. The Bertz CT molecular complexity index is 1020. The second-order valence-electron chi connectivity index (χ2n) is 9.41. The molecule has 170 valence electrons. The van der Waals surface area contributed by atoms with Crippen LogP contribution >= 0.6 is 23.4 Å². The summed E-state index contributed by atoms with van der Waals surface area (Å²) in [6.45, 7) is 9.39. The number of hydrogen-bond acceptors (Lipinski definition) is 5. The molecule has 0 radical (unpaired) electrons. The summed E-state index contributed by atoms with van der Waals surface area (Å²) in [7, 11) is 0. The SMILES string of the molecule is CC1=C(C(=O)NC(C)(C)C)C(c2ccc(Cl)cc2)N2C(CC(=O)N3CCCC3)=CSC2=N1. The van der Waals surface area contributed by atoms with E-state index in [1.165, 1.54) is 11.8 Å². The predicted octanol–water partition coefficient (Wildman–Crippen LogP) is 4.84. The average Bonchev–Trinajstić information content (AvgIpc) is 3.37.